The Morgan fingerprint density at radius 2 is 2.05 bits per heavy atom. The molecule has 1 atom stereocenters. The van der Waals surface area contributed by atoms with Gasteiger partial charge in [-0.15, -0.1) is 0 Å². The number of hydrogen-bond donors (Lipinski definition) is 0. The lowest BCUT2D eigenvalue weighted by molar-refractivity contribution is 0.0275. The van der Waals surface area contributed by atoms with Gasteiger partial charge in [-0.2, -0.15) is 0 Å². The first-order valence-corrected chi connectivity index (χ1v) is 6.84. The van der Waals surface area contributed by atoms with Crippen LogP contribution in [0.3, 0.4) is 0 Å². The number of rotatable bonds is 2. The van der Waals surface area contributed by atoms with Crippen LogP contribution in [0.15, 0.2) is 18.2 Å². The Balaban J connectivity index is 1.93. The van der Waals surface area contributed by atoms with Gasteiger partial charge in [-0.05, 0) is 32.9 Å². The zero-order valence-electron chi connectivity index (χ0n) is 12.4. The Morgan fingerprint density at radius 1 is 1.33 bits per heavy atom. The third-order valence-corrected chi connectivity index (χ3v) is 2.98. The highest BCUT2D eigenvalue weighted by atomic mass is 19.1. The smallest absolute Gasteiger partial charge is 0.410 e. The summed E-state index contributed by atoms with van der Waals surface area (Å²) >= 11 is 0. The summed E-state index contributed by atoms with van der Waals surface area (Å²) in [6.07, 6.45) is -0.239. The van der Waals surface area contributed by atoms with Crippen molar-refractivity contribution in [3.8, 4) is 5.75 Å². The minimum Gasteiger partial charge on any atom is -0.485 e. The van der Waals surface area contributed by atoms with Crippen molar-refractivity contribution in [2.45, 2.75) is 38.9 Å². The third-order valence-electron chi connectivity index (χ3n) is 2.98. The number of carbonyl (C=O) groups is 1. The van der Waals surface area contributed by atoms with Gasteiger partial charge in [-0.3, -0.25) is 0 Å². The highest BCUT2D eigenvalue weighted by Crippen LogP contribution is 2.23. The van der Waals surface area contributed by atoms with E-state index < -0.39 is 23.3 Å². The van der Waals surface area contributed by atoms with E-state index in [1.54, 1.807) is 20.8 Å². The maximum Gasteiger partial charge on any atom is 0.410 e. The molecule has 0 bridgehead atoms. The first-order chi connectivity index (χ1) is 9.74. The summed E-state index contributed by atoms with van der Waals surface area (Å²) in [5, 5.41) is 0. The Kier molecular flexibility index (Phi) is 4.34. The lowest BCUT2D eigenvalue weighted by Gasteiger charge is -2.24. The standard InChI is InChI=1S/C15H19F2NO3/c1-15(2,3)21-14(19)18-7-6-11(9-18)20-13-8-10(16)4-5-12(13)17/h4-5,8,11H,6-7,9H2,1-3H3/t11-/m0/s1. The molecule has 21 heavy (non-hydrogen) atoms. The maximum absolute atomic E-state index is 13.5. The van der Waals surface area contributed by atoms with Crippen LogP contribution in [0, 0.1) is 11.6 Å². The fourth-order valence-electron chi connectivity index (χ4n) is 2.06. The maximum atomic E-state index is 13.5. The van der Waals surface area contributed by atoms with Gasteiger partial charge in [-0.25, -0.2) is 13.6 Å². The van der Waals surface area contributed by atoms with Crippen LogP contribution in [0.2, 0.25) is 0 Å². The molecule has 4 nitrogen and oxygen atoms in total. The van der Waals surface area contributed by atoms with Gasteiger partial charge in [0.15, 0.2) is 11.6 Å². The zero-order valence-corrected chi connectivity index (χ0v) is 12.4. The molecule has 1 aliphatic heterocycles. The topological polar surface area (TPSA) is 38.8 Å². The molecule has 0 saturated carbocycles. The molecule has 0 N–H and O–H groups in total. The summed E-state index contributed by atoms with van der Waals surface area (Å²) in [6.45, 7) is 6.13. The van der Waals surface area contributed by atoms with E-state index >= 15 is 0 Å². The van der Waals surface area contributed by atoms with Crippen molar-refractivity contribution in [1.29, 1.82) is 0 Å². The van der Waals surface area contributed by atoms with Gasteiger partial charge >= 0.3 is 6.09 Å². The van der Waals surface area contributed by atoms with Crippen molar-refractivity contribution in [1.82, 2.24) is 4.90 Å². The zero-order chi connectivity index (χ0) is 15.6. The van der Waals surface area contributed by atoms with Gasteiger partial charge in [0, 0.05) is 19.0 Å². The molecule has 1 aromatic carbocycles. The first kappa shape index (κ1) is 15.5. The van der Waals surface area contributed by atoms with E-state index in [2.05, 4.69) is 0 Å². The molecule has 2 rings (SSSR count). The molecule has 0 unspecified atom stereocenters. The van der Waals surface area contributed by atoms with E-state index in [-0.39, 0.29) is 11.9 Å². The summed E-state index contributed by atoms with van der Waals surface area (Å²) in [4.78, 5) is 13.4. The quantitative estimate of drug-likeness (QED) is 0.840. The molecule has 1 aliphatic rings. The fourth-order valence-corrected chi connectivity index (χ4v) is 2.06. The molecule has 1 saturated heterocycles. The van der Waals surface area contributed by atoms with Crippen molar-refractivity contribution in [3.05, 3.63) is 29.8 Å². The largest absolute Gasteiger partial charge is 0.485 e. The average molecular weight is 299 g/mol. The van der Waals surface area contributed by atoms with Gasteiger partial charge < -0.3 is 14.4 Å². The van der Waals surface area contributed by atoms with E-state index in [0.29, 0.717) is 19.5 Å². The van der Waals surface area contributed by atoms with Crippen molar-refractivity contribution in [2.24, 2.45) is 0 Å². The Labute approximate surface area is 122 Å². The Hall–Kier alpha value is -1.85. The highest BCUT2D eigenvalue weighted by molar-refractivity contribution is 5.68. The molecular weight excluding hydrogens is 280 g/mol. The van der Waals surface area contributed by atoms with E-state index in [9.17, 15) is 13.6 Å². The molecule has 0 aliphatic carbocycles. The van der Waals surface area contributed by atoms with Crippen LogP contribution in [0.4, 0.5) is 13.6 Å². The van der Waals surface area contributed by atoms with Gasteiger partial charge in [0.05, 0.1) is 6.54 Å². The Bertz CT molecular complexity index is 528. The second-order valence-electron chi connectivity index (χ2n) is 6.03. The molecule has 0 aromatic heterocycles. The van der Waals surface area contributed by atoms with Crippen LogP contribution in [-0.4, -0.2) is 35.8 Å². The highest BCUT2D eigenvalue weighted by Gasteiger charge is 2.31. The van der Waals surface area contributed by atoms with E-state index in [1.165, 1.54) is 4.90 Å². The summed E-state index contributed by atoms with van der Waals surface area (Å²) in [7, 11) is 0. The van der Waals surface area contributed by atoms with Gasteiger partial charge in [0.1, 0.15) is 17.5 Å². The summed E-state index contributed by atoms with van der Waals surface area (Å²) < 4.78 is 37.3. The van der Waals surface area contributed by atoms with E-state index in [4.69, 9.17) is 9.47 Å². The van der Waals surface area contributed by atoms with Gasteiger partial charge in [0.2, 0.25) is 0 Å². The number of likely N-dealkylation sites (tertiary alicyclic amines) is 1. The summed E-state index contributed by atoms with van der Waals surface area (Å²) in [6, 6.07) is 3.06. The van der Waals surface area contributed by atoms with Crippen LogP contribution in [0.5, 0.6) is 5.75 Å². The SMILES string of the molecule is CC(C)(C)OC(=O)N1CC[C@H](Oc2cc(F)ccc2F)C1. The van der Waals surface area contributed by atoms with Crippen molar-refractivity contribution >= 4 is 6.09 Å². The van der Waals surface area contributed by atoms with Crippen LogP contribution in [-0.2, 0) is 4.74 Å². The molecule has 1 aromatic rings. The van der Waals surface area contributed by atoms with Crippen molar-refractivity contribution in [2.75, 3.05) is 13.1 Å². The molecular formula is C15H19F2NO3. The fraction of sp³-hybridized carbons (Fsp3) is 0.533. The normalized spacial score (nSPS) is 18.7. The summed E-state index contributed by atoms with van der Waals surface area (Å²) in [5.41, 5.74) is -0.565. The Morgan fingerprint density at radius 3 is 2.71 bits per heavy atom. The molecule has 1 amide bonds. The molecule has 0 spiro atoms. The number of ether oxygens (including phenoxy) is 2. The average Bonchev–Trinajstić information content (AvgIpc) is 2.80. The second-order valence-corrected chi connectivity index (χ2v) is 6.03. The third kappa shape index (κ3) is 4.31. The monoisotopic (exact) mass is 299 g/mol. The predicted molar refractivity (Wildman–Crippen MR) is 73.2 cm³/mol. The van der Waals surface area contributed by atoms with Crippen molar-refractivity contribution in [3.63, 3.8) is 0 Å². The molecule has 0 radical (unpaired) electrons. The van der Waals surface area contributed by atoms with Gasteiger partial charge in [0.25, 0.3) is 0 Å². The van der Waals surface area contributed by atoms with E-state index in [1.807, 2.05) is 0 Å². The molecule has 1 heterocycles. The first-order valence-electron chi connectivity index (χ1n) is 6.84. The van der Waals surface area contributed by atoms with Crippen LogP contribution in [0.25, 0.3) is 0 Å². The number of amides is 1. The minimum absolute atomic E-state index is 0.133. The number of carbonyl (C=O) groups excluding carboxylic acids is 1. The number of benzene rings is 1. The van der Waals surface area contributed by atoms with Crippen molar-refractivity contribution < 1.29 is 23.0 Å². The van der Waals surface area contributed by atoms with Crippen LogP contribution in [0.1, 0.15) is 27.2 Å². The number of halogens is 2. The number of nitrogens with zero attached hydrogens (tertiary/aromatic N) is 1. The molecule has 6 heteroatoms. The lowest BCUT2D eigenvalue weighted by Crippen LogP contribution is -2.36. The lowest BCUT2D eigenvalue weighted by atomic mass is 10.2. The summed E-state index contributed by atoms with van der Waals surface area (Å²) in [5.74, 6) is -1.31. The van der Waals surface area contributed by atoms with E-state index in [0.717, 1.165) is 18.2 Å². The second kappa shape index (κ2) is 5.87. The minimum atomic E-state index is -0.618. The number of hydrogen-bond acceptors (Lipinski definition) is 3. The molecule has 1 fully saturated rings. The van der Waals surface area contributed by atoms with Gasteiger partial charge in [-0.1, -0.05) is 0 Å². The molecule has 116 valence electrons. The van der Waals surface area contributed by atoms with Crippen LogP contribution < -0.4 is 4.74 Å². The van der Waals surface area contributed by atoms with Crippen LogP contribution >= 0.6 is 0 Å². The predicted octanol–water partition coefficient (Wildman–Crippen LogP) is 3.35.